The van der Waals surface area contributed by atoms with E-state index in [9.17, 15) is 4.79 Å². The van der Waals surface area contributed by atoms with Crippen molar-refractivity contribution in [3.63, 3.8) is 0 Å². The third kappa shape index (κ3) is 5.69. The van der Waals surface area contributed by atoms with Crippen LogP contribution < -0.4 is 14.4 Å². The number of benzene rings is 2. The number of nitrogens with zero attached hydrogens (tertiary/aromatic N) is 1. The highest BCUT2D eigenvalue weighted by Gasteiger charge is 2.18. The van der Waals surface area contributed by atoms with E-state index in [1.165, 1.54) is 37.8 Å². The van der Waals surface area contributed by atoms with E-state index in [0.29, 0.717) is 12.2 Å². The van der Waals surface area contributed by atoms with Crippen molar-refractivity contribution >= 4 is 17.5 Å². The molecule has 2 aliphatic rings. The molecule has 1 aliphatic carbocycles. The Morgan fingerprint density at radius 3 is 2.42 bits per heavy atom. The lowest BCUT2D eigenvalue weighted by atomic mass is 10.1. The predicted molar refractivity (Wildman–Crippen MR) is 126 cm³/mol. The number of rotatable bonds is 8. The quantitative estimate of drug-likeness (QED) is 0.372. The standard InChI is InChI=1S/C27H33NO3/c1-2-30-27-20-21(11-17-26(27)31-24-8-4-5-9-24)10-16-25(29)22-12-14-23(15-13-22)28-18-6-3-7-19-28/h10-17,20,24H,2-9,18-19H2,1H3/b16-10+. The first kappa shape index (κ1) is 21.5. The van der Waals surface area contributed by atoms with Gasteiger partial charge in [0.1, 0.15) is 0 Å². The SMILES string of the molecule is CCOc1cc(/C=C/C(=O)c2ccc(N3CCCCC3)cc2)ccc1OC1CCCC1. The molecule has 2 aromatic carbocycles. The minimum absolute atomic E-state index is 0.00874. The van der Waals surface area contributed by atoms with Crippen molar-refractivity contribution in [2.24, 2.45) is 0 Å². The van der Waals surface area contributed by atoms with E-state index in [0.717, 1.165) is 43.0 Å². The summed E-state index contributed by atoms with van der Waals surface area (Å²) in [5.74, 6) is 1.55. The van der Waals surface area contributed by atoms with Crippen LogP contribution in [-0.4, -0.2) is 31.6 Å². The molecule has 0 bridgehead atoms. The smallest absolute Gasteiger partial charge is 0.185 e. The van der Waals surface area contributed by atoms with Crippen LogP contribution in [0.3, 0.4) is 0 Å². The number of ketones is 1. The van der Waals surface area contributed by atoms with Crippen LogP contribution in [0.5, 0.6) is 11.5 Å². The summed E-state index contributed by atoms with van der Waals surface area (Å²) < 4.78 is 12.0. The summed E-state index contributed by atoms with van der Waals surface area (Å²) >= 11 is 0. The molecule has 0 atom stereocenters. The summed E-state index contributed by atoms with van der Waals surface area (Å²) in [7, 11) is 0. The second kappa shape index (κ2) is 10.5. The monoisotopic (exact) mass is 419 g/mol. The molecule has 0 radical (unpaired) electrons. The maximum atomic E-state index is 12.7. The first-order chi connectivity index (χ1) is 15.2. The minimum atomic E-state index is 0.00874. The van der Waals surface area contributed by atoms with Crippen LogP contribution in [0.25, 0.3) is 6.08 Å². The molecule has 0 amide bonds. The van der Waals surface area contributed by atoms with Crippen molar-refractivity contribution in [3.8, 4) is 11.5 Å². The zero-order chi connectivity index (χ0) is 21.5. The van der Waals surface area contributed by atoms with Crippen LogP contribution in [0.15, 0.2) is 48.5 Å². The largest absolute Gasteiger partial charge is 0.490 e. The van der Waals surface area contributed by atoms with Gasteiger partial charge in [-0.2, -0.15) is 0 Å². The molecule has 1 heterocycles. The maximum Gasteiger partial charge on any atom is 0.185 e. The fraction of sp³-hybridized carbons (Fsp3) is 0.444. The molecular formula is C27H33NO3. The molecule has 4 heteroatoms. The molecule has 0 aromatic heterocycles. The lowest BCUT2D eigenvalue weighted by molar-refractivity contribution is 0.104. The molecule has 31 heavy (non-hydrogen) atoms. The number of allylic oxidation sites excluding steroid dienone is 1. The van der Waals surface area contributed by atoms with Crippen LogP contribution in [0.1, 0.15) is 67.8 Å². The van der Waals surface area contributed by atoms with Gasteiger partial charge in [0.05, 0.1) is 12.7 Å². The lowest BCUT2D eigenvalue weighted by Gasteiger charge is -2.28. The Bertz CT molecular complexity index is 891. The molecule has 1 aliphatic heterocycles. The number of hydrogen-bond acceptors (Lipinski definition) is 4. The van der Waals surface area contributed by atoms with Crippen LogP contribution >= 0.6 is 0 Å². The molecular weight excluding hydrogens is 386 g/mol. The first-order valence-corrected chi connectivity index (χ1v) is 11.7. The number of ether oxygens (including phenoxy) is 2. The number of carbonyl (C=O) groups excluding carboxylic acids is 1. The number of piperidine rings is 1. The normalized spacial score (nSPS) is 17.3. The zero-order valence-corrected chi connectivity index (χ0v) is 18.5. The summed E-state index contributed by atoms with van der Waals surface area (Å²) in [6.45, 7) is 4.76. The van der Waals surface area contributed by atoms with Gasteiger partial charge in [0.15, 0.2) is 17.3 Å². The second-order valence-electron chi connectivity index (χ2n) is 8.46. The van der Waals surface area contributed by atoms with Gasteiger partial charge in [-0.25, -0.2) is 0 Å². The Kier molecular flexibility index (Phi) is 7.29. The fourth-order valence-electron chi connectivity index (χ4n) is 4.44. The Morgan fingerprint density at radius 1 is 0.968 bits per heavy atom. The molecule has 2 fully saturated rings. The molecule has 0 unspecified atom stereocenters. The Hall–Kier alpha value is -2.75. The minimum Gasteiger partial charge on any atom is -0.490 e. The summed E-state index contributed by atoms with van der Waals surface area (Å²) in [6.07, 6.45) is 12.3. The molecule has 0 spiro atoms. The molecule has 0 N–H and O–H groups in total. The van der Waals surface area contributed by atoms with Gasteiger partial charge in [-0.1, -0.05) is 12.1 Å². The van der Waals surface area contributed by atoms with E-state index < -0.39 is 0 Å². The van der Waals surface area contributed by atoms with Crippen LogP contribution in [0.2, 0.25) is 0 Å². The Morgan fingerprint density at radius 2 is 1.71 bits per heavy atom. The van der Waals surface area contributed by atoms with E-state index in [1.807, 2.05) is 43.3 Å². The number of anilines is 1. The van der Waals surface area contributed by atoms with Gasteiger partial charge in [0.25, 0.3) is 0 Å². The lowest BCUT2D eigenvalue weighted by Crippen LogP contribution is -2.29. The van der Waals surface area contributed by atoms with Gasteiger partial charge in [-0.3, -0.25) is 4.79 Å². The average Bonchev–Trinajstić information content (AvgIpc) is 3.33. The zero-order valence-electron chi connectivity index (χ0n) is 18.5. The topological polar surface area (TPSA) is 38.8 Å². The Labute approximate surface area is 185 Å². The number of carbonyl (C=O) groups is 1. The molecule has 1 saturated carbocycles. The van der Waals surface area contributed by atoms with Crippen molar-refractivity contribution < 1.29 is 14.3 Å². The summed E-state index contributed by atoms with van der Waals surface area (Å²) in [5, 5.41) is 0. The maximum absolute atomic E-state index is 12.7. The second-order valence-corrected chi connectivity index (χ2v) is 8.46. The van der Waals surface area contributed by atoms with Gasteiger partial charge in [-0.15, -0.1) is 0 Å². The summed E-state index contributed by atoms with van der Waals surface area (Å²) in [5.41, 5.74) is 2.85. The molecule has 1 saturated heterocycles. The van der Waals surface area contributed by atoms with Crippen molar-refractivity contribution in [1.82, 2.24) is 0 Å². The molecule has 4 rings (SSSR count). The van der Waals surface area contributed by atoms with Crippen molar-refractivity contribution in [2.75, 3.05) is 24.6 Å². The van der Waals surface area contributed by atoms with Gasteiger partial charge < -0.3 is 14.4 Å². The highest BCUT2D eigenvalue weighted by Crippen LogP contribution is 2.33. The molecule has 4 nitrogen and oxygen atoms in total. The third-order valence-electron chi connectivity index (χ3n) is 6.16. The Balaban J connectivity index is 1.41. The van der Waals surface area contributed by atoms with Crippen molar-refractivity contribution in [2.45, 2.75) is 58.0 Å². The van der Waals surface area contributed by atoms with E-state index in [1.54, 1.807) is 6.08 Å². The number of hydrogen-bond donors (Lipinski definition) is 0. The van der Waals surface area contributed by atoms with Gasteiger partial charge in [0, 0.05) is 24.3 Å². The summed E-state index contributed by atoms with van der Waals surface area (Å²) in [4.78, 5) is 15.1. The van der Waals surface area contributed by atoms with Crippen molar-refractivity contribution in [1.29, 1.82) is 0 Å². The third-order valence-corrected chi connectivity index (χ3v) is 6.16. The van der Waals surface area contributed by atoms with Crippen LogP contribution in [-0.2, 0) is 0 Å². The summed E-state index contributed by atoms with van der Waals surface area (Å²) in [6, 6.07) is 13.9. The van der Waals surface area contributed by atoms with E-state index in [-0.39, 0.29) is 11.9 Å². The van der Waals surface area contributed by atoms with Crippen LogP contribution in [0, 0.1) is 0 Å². The van der Waals surface area contributed by atoms with E-state index in [4.69, 9.17) is 9.47 Å². The fourth-order valence-corrected chi connectivity index (χ4v) is 4.44. The van der Waals surface area contributed by atoms with Crippen LogP contribution in [0.4, 0.5) is 5.69 Å². The highest BCUT2D eigenvalue weighted by atomic mass is 16.5. The predicted octanol–water partition coefficient (Wildman–Crippen LogP) is 6.29. The van der Waals surface area contributed by atoms with Gasteiger partial charge in [-0.05, 0) is 99.9 Å². The average molecular weight is 420 g/mol. The molecule has 2 aromatic rings. The van der Waals surface area contributed by atoms with Gasteiger partial charge in [0.2, 0.25) is 0 Å². The van der Waals surface area contributed by atoms with Crippen molar-refractivity contribution in [3.05, 3.63) is 59.7 Å². The first-order valence-electron chi connectivity index (χ1n) is 11.7. The molecule has 164 valence electrons. The van der Waals surface area contributed by atoms with E-state index >= 15 is 0 Å². The highest BCUT2D eigenvalue weighted by molar-refractivity contribution is 6.07. The van der Waals surface area contributed by atoms with E-state index in [2.05, 4.69) is 17.0 Å². The van der Waals surface area contributed by atoms with Gasteiger partial charge >= 0.3 is 0 Å².